The van der Waals surface area contributed by atoms with E-state index in [4.69, 9.17) is 9.47 Å². The molecular formula is C8H12O2Se. The van der Waals surface area contributed by atoms with E-state index in [9.17, 15) is 0 Å². The van der Waals surface area contributed by atoms with E-state index in [-0.39, 0.29) is 0 Å². The Morgan fingerprint density at radius 3 is 1.91 bits per heavy atom. The number of hydrogen-bond acceptors (Lipinski definition) is 2. The van der Waals surface area contributed by atoms with Gasteiger partial charge in [0, 0.05) is 0 Å². The molecule has 0 aliphatic carbocycles. The monoisotopic (exact) mass is 220 g/mol. The third-order valence-corrected chi connectivity index (χ3v) is 2.66. The van der Waals surface area contributed by atoms with Crippen LogP contribution in [0.25, 0.3) is 0 Å². The fraction of sp³-hybridized carbons (Fsp3) is 0.500. The second-order valence-corrected chi connectivity index (χ2v) is 3.53. The summed E-state index contributed by atoms with van der Waals surface area (Å²) >= 11 is 0.439. The van der Waals surface area contributed by atoms with Gasteiger partial charge in [-0.15, -0.1) is 0 Å². The maximum absolute atomic E-state index is 5.35. The molecule has 0 bridgehead atoms. The van der Waals surface area contributed by atoms with Crippen LogP contribution in [-0.2, 0) is 0 Å². The van der Waals surface area contributed by atoms with E-state index >= 15 is 0 Å². The zero-order chi connectivity index (χ0) is 8.10. The van der Waals surface area contributed by atoms with Gasteiger partial charge in [0.25, 0.3) is 0 Å². The summed E-state index contributed by atoms with van der Waals surface area (Å²) in [6.07, 6.45) is 0. The van der Waals surface area contributed by atoms with Crippen LogP contribution in [0.15, 0.2) is 9.88 Å². The molecule has 0 fully saturated rings. The van der Waals surface area contributed by atoms with Gasteiger partial charge in [-0.1, -0.05) is 0 Å². The first-order valence-electron chi connectivity index (χ1n) is 3.70. The predicted molar refractivity (Wildman–Crippen MR) is 45.7 cm³/mol. The molecule has 0 amide bonds. The van der Waals surface area contributed by atoms with Crippen molar-refractivity contribution >= 4 is 14.5 Å². The molecule has 0 radical (unpaired) electrons. The number of ether oxygens (including phenoxy) is 2. The van der Waals surface area contributed by atoms with E-state index in [0.29, 0.717) is 27.7 Å². The molecule has 1 aromatic heterocycles. The normalized spacial score (nSPS) is 9.64. The minimum atomic E-state index is 0.439. The summed E-state index contributed by atoms with van der Waals surface area (Å²) < 4.78 is 10.7. The first kappa shape index (κ1) is 8.69. The Labute approximate surface area is 72.9 Å². The van der Waals surface area contributed by atoms with E-state index in [0.717, 1.165) is 11.5 Å². The maximum atomic E-state index is 5.35. The van der Waals surface area contributed by atoms with Gasteiger partial charge in [0.2, 0.25) is 0 Å². The second kappa shape index (κ2) is 4.47. The molecule has 0 aliphatic rings. The van der Waals surface area contributed by atoms with Crippen LogP contribution >= 0.6 is 0 Å². The fourth-order valence-corrected chi connectivity index (χ4v) is 2.23. The molecule has 1 rings (SSSR count). The third kappa shape index (κ3) is 2.28. The van der Waals surface area contributed by atoms with Gasteiger partial charge in [-0.3, -0.25) is 0 Å². The van der Waals surface area contributed by atoms with Crippen molar-refractivity contribution in [2.45, 2.75) is 13.8 Å². The summed E-state index contributed by atoms with van der Waals surface area (Å²) in [6, 6.07) is 0. The first-order chi connectivity index (χ1) is 5.38. The van der Waals surface area contributed by atoms with Crippen molar-refractivity contribution in [3.8, 4) is 11.5 Å². The standard InChI is InChI=1S/C8H12O2Se/c1-3-9-7-5-11-6-8(7)10-4-2/h5-6H,3-4H2,1-2H3. The Balaban J connectivity index is 2.62. The SMILES string of the molecule is CCOc1c[se]cc1OCC. The van der Waals surface area contributed by atoms with Crippen molar-refractivity contribution < 1.29 is 9.47 Å². The Morgan fingerprint density at radius 2 is 1.55 bits per heavy atom. The Bertz CT molecular complexity index is 187. The predicted octanol–water partition coefficient (Wildman–Crippen LogP) is 1.54. The molecule has 1 aromatic rings. The molecule has 0 spiro atoms. The van der Waals surface area contributed by atoms with Crippen molar-refractivity contribution in [2.75, 3.05) is 13.2 Å². The van der Waals surface area contributed by atoms with Crippen LogP contribution in [0.2, 0.25) is 0 Å². The minimum absolute atomic E-state index is 0.439. The fourth-order valence-electron chi connectivity index (χ4n) is 0.795. The van der Waals surface area contributed by atoms with Crippen LogP contribution in [0.4, 0.5) is 0 Å². The Kier molecular flexibility index (Phi) is 3.53. The van der Waals surface area contributed by atoms with Crippen LogP contribution < -0.4 is 9.47 Å². The van der Waals surface area contributed by atoms with Crippen molar-refractivity contribution in [2.24, 2.45) is 0 Å². The van der Waals surface area contributed by atoms with E-state index in [1.54, 1.807) is 0 Å². The van der Waals surface area contributed by atoms with Gasteiger partial charge in [-0.2, -0.15) is 0 Å². The van der Waals surface area contributed by atoms with Crippen molar-refractivity contribution in [3.63, 3.8) is 0 Å². The molecule has 11 heavy (non-hydrogen) atoms. The van der Waals surface area contributed by atoms with Crippen LogP contribution in [0, 0.1) is 0 Å². The Hall–Kier alpha value is -0.401. The van der Waals surface area contributed by atoms with Gasteiger partial charge in [-0.25, -0.2) is 0 Å². The second-order valence-electron chi connectivity index (χ2n) is 1.97. The van der Waals surface area contributed by atoms with E-state index in [1.165, 1.54) is 0 Å². The molecule has 1 heterocycles. The molecule has 62 valence electrons. The molecular weight excluding hydrogens is 207 g/mol. The van der Waals surface area contributed by atoms with E-state index < -0.39 is 0 Å². The molecule has 0 aromatic carbocycles. The van der Waals surface area contributed by atoms with E-state index in [1.807, 2.05) is 13.8 Å². The first-order valence-corrected chi connectivity index (χ1v) is 5.68. The van der Waals surface area contributed by atoms with Crippen molar-refractivity contribution in [1.82, 2.24) is 0 Å². The molecule has 0 unspecified atom stereocenters. The van der Waals surface area contributed by atoms with Crippen LogP contribution in [0.3, 0.4) is 0 Å². The summed E-state index contributed by atoms with van der Waals surface area (Å²) in [6.45, 7) is 5.39. The van der Waals surface area contributed by atoms with Crippen LogP contribution in [0.5, 0.6) is 11.5 Å². The summed E-state index contributed by atoms with van der Waals surface area (Å²) in [5.74, 6) is 1.85. The summed E-state index contributed by atoms with van der Waals surface area (Å²) in [5.41, 5.74) is 0. The molecule has 0 saturated heterocycles. The van der Waals surface area contributed by atoms with Gasteiger partial charge in [0.05, 0.1) is 0 Å². The van der Waals surface area contributed by atoms with Crippen LogP contribution in [0.1, 0.15) is 13.8 Å². The summed E-state index contributed by atoms with van der Waals surface area (Å²) in [5, 5.41) is 0. The van der Waals surface area contributed by atoms with Gasteiger partial charge in [-0.05, 0) is 0 Å². The number of hydrogen-bond donors (Lipinski definition) is 0. The average molecular weight is 219 g/mol. The summed E-state index contributed by atoms with van der Waals surface area (Å²) in [7, 11) is 0. The summed E-state index contributed by atoms with van der Waals surface area (Å²) in [4.78, 5) is 4.20. The van der Waals surface area contributed by atoms with Crippen LogP contribution in [-0.4, -0.2) is 27.7 Å². The quantitative estimate of drug-likeness (QED) is 0.715. The topological polar surface area (TPSA) is 18.5 Å². The molecule has 0 N–H and O–H groups in total. The zero-order valence-electron chi connectivity index (χ0n) is 6.79. The van der Waals surface area contributed by atoms with Gasteiger partial charge in [0.1, 0.15) is 0 Å². The Morgan fingerprint density at radius 1 is 1.09 bits per heavy atom. The molecule has 0 atom stereocenters. The molecule has 2 nitrogen and oxygen atoms in total. The zero-order valence-corrected chi connectivity index (χ0v) is 8.51. The van der Waals surface area contributed by atoms with Gasteiger partial charge < -0.3 is 0 Å². The molecule has 3 heteroatoms. The molecule has 0 aliphatic heterocycles. The van der Waals surface area contributed by atoms with Gasteiger partial charge >= 0.3 is 72.4 Å². The average Bonchev–Trinajstić information content (AvgIpc) is 2.39. The van der Waals surface area contributed by atoms with E-state index in [2.05, 4.69) is 9.88 Å². The van der Waals surface area contributed by atoms with Gasteiger partial charge in [0.15, 0.2) is 0 Å². The van der Waals surface area contributed by atoms with Crippen molar-refractivity contribution in [3.05, 3.63) is 9.88 Å². The molecule has 0 saturated carbocycles. The third-order valence-electron chi connectivity index (χ3n) is 1.19. The number of rotatable bonds is 4. The van der Waals surface area contributed by atoms with Crippen molar-refractivity contribution in [1.29, 1.82) is 0 Å².